The van der Waals surface area contributed by atoms with Gasteiger partial charge in [0.1, 0.15) is 11.5 Å². The molecule has 2 aromatic rings. The molecule has 4 nitrogen and oxygen atoms in total. The van der Waals surface area contributed by atoms with Crippen molar-refractivity contribution < 1.29 is 14.3 Å². The molecule has 0 saturated heterocycles. The van der Waals surface area contributed by atoms with E-state index in [0.29, 0.717) is 26.0 Å². The van der Waals surface area contributed by atoms with Gasteiger partial charge in [0.15, 0.2) is 0 Å². The number of amides is 1. The molecule has 0 aliphatic rings. The van der Waals surface area contributed by atoms with Gasteiger partial charge in [-0.2, -0.15) is 0 Å². The molecule has 23 heavy (non-hydrogen) atoms. The maximum absolute atomic E-state index is 11.8. The van der Waals surface area contributed by atoms with Crippen molar-refractivity contribution >= 4 is 17.2 Å². The van der Waals surface area contributed by atoms with E-state index in [-0.39, 0.29) is 5.91 Å². The molecule has 0 bridgehead atoms. The smallest absolute Gasteiger partial charge is 0.220 e. The first-order valence-electron chi connectivity index (χ1n) is 7.82. The molecule has 1 aromatic heterocycles. The fourth-order valence-corrected chi connectivity index (χ4v) is 2.97. The van der Waals surface area contributed by atoms with Gasteiger partial charge in [-0.05, 0) is 49.2 Å². The van der Waals surface area contributed by atoms with Crippen LogP contribution in [0.15, 0.2) is 36.4 Å². The van der Waals surface area contributed by atoms with E-state index in [4.69, 9.17) is 9.47 Å². The van der Waals surface area contributed by atoms with Crippen LogP contribution in [0.25, 0.3) is 0 Å². The molecule has 0 spiro atoms. The number of carbonyl (C=O) groups excluding carboxylic acids is 1. The number of hydrogen-bond donors (Lipinski definition) is 1. The minimum atomic E-state index is 0.0646. The van der Waals surface area contributed by atoms with Crippen LogP contribution in [-0.2, 0) is 17.8 Å². The first kappa shape index (κ1) is 17.3. The van der Waals surface area contributed by atoms with Gasteiger partial charge in [0.2, 0.25) is 5.91 Å². The second-order valence-electron chi connectivity index (χ2n) is 5.13. The van der Waals surface area contributed by atoms with Gasteiger partial charge in [0, 0.05) is 16.2 Å². The molecule has 0 fully saturated rings. The van der Waals surface area contributed by atoms with Crippen molar-refractivity contribution in [3.05, 3.63) is 46.2 Å². The number of ether oxygens (including phenoxy) is 2. The summed E-state index contributed by atoms with van der Waals surface area (Å²) in [6.45, 7) is 3.28. The number of benzene rings is 1. The SMILES string of the molecule is CCc1ccc(CNC(=O)CCCOc2ccc(OC)cc2)s1. The van der Waals surface area contributed by atoms with Gasteiger partial charge >= 0.3 is 0 Å². The lowest BCUT2D eigenvalue weighted by molar-refractivity contribution is -0.121. The molecule has 0 aliphatic carbocycles. The Bertz CT molecular complexity index is 607. The van der Waals surface area contributed by atoms with Crippen molar-refractivity contribution in [2.24, 2.45) is 0 Å². The first-order chi connectivity index (χ1) is 11.2. The predicted molar refractivity (Wildman–Crippen MR) is 93.3 cm³/mol. The van der Waals surface area contributed by atoms with E-state index in [1.54, 1.807) is 18.4 Å². The van der Waals surface area contributed by atoms with E-state index in [0.717, 1.165) is 17.9 Å². The molecule has 2 rings (SSSR count). The Labute approximate surface area is 141 Å². The van der Waals surface area contributed by atoms with Gasteiger partial charge in [-0.3, -0.25) is 4.79 Å². The van der Waals surface area contributed by atoms with Crippen LogP contribution in [0.2, 0.25) is 0 Å². The molecule has 0 atom stereocenters. The molecule has 0 saturated carbocycles. The lowest BCUT2D eigenvalue weighted by Crippen LogP contribution is -2.22. The van der Waals surface area contributed by atoms with Crippen LogP contribution in [0.1, 0.15) is 29.5 Å². The summed E-state index contributed by atoms with van der Waals surface area (Å²) >= 11 is 1.75. The fraction of sp³-hybridized carbons (Fsp3) is 0.389. The van der Waals surface area contributed by atoms with Crippen LogP contribution in [-0.4, -0.2) is 19.6 Å². The molecule has 0 unspecified atom stereocenters. The molecule has 0 aliphatic heterocycles. The van der Waals surface area contributed by atoms with E-state index < -0.39 is 0 Å². The largest absolute Gasteiger partial charge is 0.497 e. The Balaban J connectivity index is 1.60. The van der Waals surface area contributed by atoms with Crippen molar-refractivity contribution in [3.63, 3.8) is 0 Å². The highest BCUT2D eigenvalue weighted by atomic mass is 32.1. The summed E-state index contributed by atoms with van der Waals surface area (Å²) < 4.78 is 10.7. The lowest BCUT2D eigenvalue weighted by atomic mass is 10.3. The topological polar surface area (TPSA) is 47.6 Å². The van der Waals surface area contributed by atoms with Crippen molar-refractivity contribution in [1.82, 2.24) is 5.32 Å². The minimum Gasteiger partial charge on any atom is -0.497 e. The second kappa shape index (κ2) is 9.20. The third-order valence-corrected chi connectivity index (χ3v) is 4.63. The zero-order chi connectivity index (χ0) is 16.5. The van der Waals surface area contributed by atoms with Gasteiger partial charge in [0.05, 0.1) is 20.3 Å². The van der Waals surface area contributed by atoms with E-state index in [1.165, 1.54) is 9.75 Å². The molecule has 1 aromatic carbocycles. The van der Waals surface area contributed by atoms with Crippen LogP contribution in [0.4, 0.5) is 0 Å². The maximum atomic E-state index is 11.8. The van der Waals surface area contributed by atoms with Gasteiger partial charge in [-0.1, -0.05) is 6.92 Å². The summed E-state index contributed by atoms with van der Waals surface area (Å²) in [7, 11) is 1.63. The zero-order valence-electron chi connectivity index (χ0n) is 13.6. The van der Waals surface area contributed by atoms with Crippen LogP contribution >= 0.6 is 11.3 Å². The Morgan fingerprint density at radius 1 is 1.09 bits per heavy atom. The second-order valence-corrected chi connectivity index (χ2v) is 6.38. The number of aryl methyl sites for hydroxylation is 1. The van der Waals surface area contributed by atoms with Crippen LogP contribution in [0, 0.1) is 0 Å². The summed E-state index contributed by atoms with van der Waals surface area (Å²) in [4.78, 5) is 14.4. The average molecular weight is 333 g/mol. The van der Waals surface area contributed by atoms with E-state index in [9.17, 15) is 4.79 Å². The molecular formula is C18H23NO3S. The number of thiophene rings is 1. The minimum absolute atomic E-state index is 0.0646. The van der Waals surface area contributed by atoms with E-state index >= 15 is 0 Å². The van der Waals surface area contributed by atoms with E-state index in [2.05, 4.69) is 24.4 Å². The highest BCUT2D eigenvalue weighted by molar-refractivity contribution is 7.11. The zero-order valence-corrected chi connectivity index (χ0v) is 14.4. The molecule has 1 N–H and O–H groups in total. The maximum Gasteiger partial charge on any atom is 0.220 e. The Morgan fingerprint density at radius 2 is 1.78 bits per heavy atom. The summed E-state index contributed by atoms with van der Waals surface area (Å²) in [5.41, 5.74) is 0. The highest BCUT2D eigenvalue weighted by Crippen LogP contribution is 2.18. The molecule has 1 heterocycles. The monoisotopic (exact) mass is 333 g/mol. The summed E-state index contributed by atoms with van der Waals surface area (Å²) in [6, 6.07) is 11.6. The van der Waals surface area contributed by atoms with Gasteiger partial charge < -0.3 is 14.8 Å². The van der Waals surface area contributed by atoms with E-state index in [1.807, 2.05) is 24.3 Å². The molecule has 1 amide bonds. The standard InChI is InChI=1S/C18H23NO3S/c1-3-16-10-11-17(23-16)13-19-18(20)5-4-12-22-15-8-6-14(21-2)7-9-15/h6-11H,3-5,12-13H2,1-2H3,(H,19,20). The average Bonchev–Trinajstić information content (AvgIpc) is 3.05. The molecule has 124 valence electrons. The summed E-state index contributed by atoms with van der Waals surface area (Å²) in [5.74, 6) is 1.66. The Morgan fingerprint density at radius 3 is 2.43 bits per heavy atom. The lowest BCUT2D eigenvalue weighted by Gasteiger charge is -2.07. The predicted octanol–water partition coefficient (Wildman–Crippen LogP) is 3.79. The summed E-state index contributed by atoms with van der Waals surface area (Å²) in [6.07, 6.45) is 2.21. The van der Waals surface area contributed by atoms with Crippen molar-refractivity contribution in [3.8, 4) is 11.5 Å². The van der Waals surface area contributed by atoms with Crippen LogP contribution in [0.5, 0.6) is 11.5 Å². The highest BCUT2D eigenvalue weighted by Gasteiger charge is 2.04. The van der Waals surface area contributed by atoms with Crippen molar-refractivity contribution in [2.75, 3.05) is 13.7 Å². The van der Waals surface area contributed by atoms with Crippen molar-refractivity contribution in [2.45, 2.75) is 32.7 Å². The quantitative estimate of drug-likeness (QED) is 0.710. The van der Waals surface area contributed by atoms with Crippen molar-refractivity contribution in [1.29, 1.82) is 0 Å². The fourth-order valence-electron chi connectivity index (χ4n) is 2.08. The van der Waals surface area contributed by atoms with Gasteiger partial charge in [-0.15, -0.1) is 11.3 Å². The third kappa shape index (κ3) is 5.94. The van der Waals surface area contributed by atoms with Gasteiger partial charge in [0.25, 0.3) is 0 Å². The number of rotatable bonds is 9. The number of carbonyl (C=O) groups is 1. The number of hydrogen-bond acceptors (Lipinski definition) is 4. The van der Waals surface area contributed by atoms with Gasteiger partial charge in [-0.25, -0.2) is 0 Å². The van der Waals surface area contributed by atoms with Crippen LogP contribution in [0.3, 0.4) is 0 Å². The third-order valence-electron chi connectivity index (χ3n) is 3.40. The molecular weight excluding hydrogens is 310 g/mol. The number of nitrogens with one attached hydrogen (secondary N) is 1. The molecule has 5 heteroatoms. The van der Waals surface area contributed by atoms with Crippen LogP contribution < -0.4 is 14.8 Å². The first-order valence-corrected chi connectivity index (χ1v) is 8.64. The normalized spacial score (nSPS) is 10.3. The molecule has 0 radical (unpaired) electrons. The Kier molecular flexibility index (Phi) is 6.94. The summed E-state index contributed by atoms with van der Waals surface area (Å²) in [5, 5.41) is 2.95. The Hall–Kier alpha value is -2.01. The number of methoxy groups -OCH3 is 1.